The van der Waals surface area contributed by atoms with E-state index in [-0.39, 0.29) is 50.7 Å². The summed E-state index contributed by atoms with van der Waals surface area (Å²) in [5, 5.41) is 7.93. The van der Waals surface area contributed by atoms with Gasteiger partial charge in [-0.2, -0.15) is 4.39 Å². The molecule has 0 saturated heterocycles. The number of esters is 1. The van der Waals surface area contributed by atoms with E-state index in [1.54, 1.807) is 13.8 Å². The van der Waals surface area contributed by atoms with Crippen LogP contribution in [0.2, 0.25) is 10.0 Å². The van der Waals surface area contributed by atoms with Crippen molar-refractivity contribution in [1.82, 2.24) is 9.97 Å². The third kappa shape index (κ3) is 10.9. The van der Waals surface area contributed by atoms with Crippen LogP contribution >= 0.6 is 93.3 Å². The van der Waals surface area contributed by atoms with Crippen LogP contribution in [0.25, 0.3) is 0 Å². The Kier molecular flexibility index (Phi) is 20.5. The smallest absolute Gasteiger partial charge is 0.358 e. The molecule has 2 aromatic rings. The van der Waals surface area contributed by atoms with Crippen LogP contribution in [0.4, 0.5) is 18.9 Å². The minimum absolute atomic E-state index is 0. The Morgan fingerprint density at radius 2 is 1.58 bits per heavy atom. The number of nitrogen functional groups attached to an aromatic ring is 1. The summed E-state index contributed by atoms with van der Waals surface area (Å²) in [4.78, 5) is 28.4. The maximum Gasteiger partial charge on any atom is 0.358 e. The van der Waals surface area contributed by atoms with E-state index in [9.17, 15) is 22.8 Å². The Morgan fingerprint density at radius 1 is 1.09 bits per heavy atom. The first-order valence-corrected chi connectivity index (χ1v) is 15.5. The second-order valence-electron chi connectivity index (χ2n) is 5.56. The zero-order valence-corrected chi connectivity index (χ0v) is 27.1. The number of aromatic carboxylic acids is 1. The zero-order valence-electron chi connectivity index (χ0n) is 16.6. The van der Waals surface area contributed by atoms with Crippen molar-refractivity contribution in [2.24, 2.45) is 0 Å². The first kappa shape index (κ1) is 38.0. The Bertz CT molecular complexity index is 999. The van der Waals surface area contributed by atoms with Gasteiger partial charge >= 0.3 is 11.9 Å². The van der Waals surface area contributed by atoms with Gasteiger partial charge < -0.3 is 15.6 Å². The second kappa shape index (κ2) is 17.8. The van der Waals surface area contributed by atoms with Gasteiger partial charge in [-0.1, -0.05) is 23.2 Å². The zero-order chi connectivity index (χ0) is 24.6. The van der Waals surface area contributed by atoms with Gasteiger partial charge in [0.1, 0.15) is 4.60 Å². The standard InChI is InChI=1S/C10H10ClF2NO2.C6H3BrClFN2O2.BrH.I2.V/c1-4(2)16-10(15)8-6(11)5(3)7(12)9(13)14-8;7-5-2(9)3(10)1(8)4(11-5)6(12)13;;1-2;/h4H,1-3H3;(H2,10,11)(H,12,13);1H;;. The topological polar surface area (TPSA) is 115 Å². The number of ether oxygens (including phenoxy) is 1. The van der Waals surface area contributed by atoms with Crippen LogP contribution in [0, 0.1) is 24.5 Å². The Labute approximate surface area is 251 Å². The van der Waals surface area contributed by atoms with Crippen LogP contribution in [0.3, 0.4) is 0 Å². The predicted molar refractivity (Wildman–Crippen MR) is 141 cm³/mol. The van der Waals surface area contributed by atoms with Gasteiger partial charge in [0.05, 0.1) is 21.8 Å². The number of carbonyl (C=O) groups is 2. The van der Waals surface area contributed by atoms with Crippen LogP contribution in [-0.2, 0) is 23.3 Å². The number of hydrogen-bond donors (Lipinski definition) is 2. The number of nitrogens with two attached hydrogens (primary N) is 1. The third-order valence-electron chi connectivity index (χ3n) is 3.07. The number of aromatic nitrogens is 2. The Morgan fingerprint density at radius 3 is 2.00 bits per heavy atom. The van der Waals surface area contributed by atoms with Crippen LogP contribution in [0.1, 0.15) is 40.4 Å². The van der Waals surface area contributed by atoms with Crippen molar-refractivity contribution in [1.29, 1.82) is 0 Å². The molecule has 0 aliphatic carbocycles. The normalized spacial score (nSPS) is 9.33. The fourth-order valence-corrected chi connectivity index (χ4v) is 2.50. The third-order valence-corrected chi connectivity index (χ3v) is 4.44. The number of carbonyl (C=O) groups excluding carboxylic acids is 1. The van der Waals surface area contributed by atoms with Crippen molar-refractivity contribution in [3.63, 3.8) is 0 Å². The summed E-state index contributed by atoms with van der Waals surface area (Å²) in [5.41, 5.74) is 3.70. The van der Waals surface area contributed by atoms with Gasteiger partial charge in [-0.25, -0.2) is 28.3 Å². The molecule has 2 heterocycles. The van der Waals surface area contributed by atoms with Crippen molar-refractivity contribution >= 4 is 111 Å². The molecule has 0 aliphatic rings. The van der Waals surface area contributed by atoms with E-state index in [1.807, 2.05) is 0 Å². The van der Waals surface area contributed by atoms with Crippen LogP contribution in [0.15, 0.2) is 4.60 Å². The number of anilines is 1. The molecule has 1 radical (unpaired) electrons. The number of carboxylic acids is 1. The van der Waals surface area contributed by atoms with E-state index < -0.39 is 57.7 Å². The van der Waals surface area contributed by atoms with Gasteiger partial charge in [0, 0.05) is 61.4 Å². The molecule has 0 spiro atoms. The molecule has 0 unspecified atom stereocenters. The monoisotopic (exact) mass is 902 g/mol. The summed E-state index contributed by atoms with van der Waals surface area (Å²) in [7, 11) is 0. The number of nitrogens with zero attached hydrogens (tertiary/aromatic N) is 2. The van der Waals surface area contributed by atoms with Crippen molar-refractivity contribution in [3.05, 3.63) is 49.2 Å². The van der Waals surface area contributed by atoms with Gasteiger partial charge in [0.15, 0.2) is 23.0 Å². The van der Waals surface area contributed by atoms with E-state index in [4.69, 9.17) is 38.8 Å². The molecule has 0 aromatic carbocycles. The average Bonchev–Trinajstić information content (AvgIpc) is 2.71. The molecule has 185 valence electrons. The quantitative estimate of drug-likeness (QED) is 0.191. The van der Waals surface area contributed by atoms with Crippen molar-refractivity contribution in [2.75, 3.05) is 5.73 Å². The molecule has 0 bridgehead atoms. The molecule has 0 atom stereocenters. The summed E-state index contributed by atoms with van der Waals surface area (Å²) in [6.45, 7) is 4.51. The van der Waals surface area contributed by atoms with Crippen LogP contribution < -0.4 is 5.73 Å². The van der Waals surface area contributed by atoms with Gasteiger partial charge in [0.2, 0.25) is 5.95 Å². The minimum Gasteiger partial charge on any atom is -0.476 e. The first-order chi connectivity index (χ1) is 14.3. The van der Waals surface area contributed by atoms with E-state index >= 15 is 0 Å². The summed E-state index contributed by atoms with van der Waals surface area (Å²) >= 11 is 18.1. The summed E-state index contributed by atoms with van der Waals surface area (Å²) < 4.78 is 43.4. The number of pyridine rings is 2. The minimum atomic E-state index is -1.36. The van der Waals surface area contributed by atoms with Gasteiger partial charge in [-0.3, -0.25) is 0 Å². The van der Waals surface area contributed by atoms with E-state index in [0.717, 1.165) is 0 Å². The fraction of sp³-hybridized carbons (Fsp3) is 0.250. The molecule has 0 fully saturated rings. The van der Waals surface area contributed by atoms with Crippen molar-refractivity contribution in [3.8, 4) is 0 Å². The molecule has 0 saturated carbocycles. The summed E-state index contributed by atoms with van der Waals surface area (Å²) in [6.07, 6.45) is -0.390. The molecule has 2 aromatic heterocycles. The van der Waals surface area contributed by atoms with Gasteiger partial charge in [-0.05, 0) is 36.7 Å². The van der Waals surface area contributed by atoms with E-state index in [1.165, 1.54) is 6.92 Å². The van der Waals surface area contributed by atoms with Crippen molar-refractivity contribution in [2.45, 2.75) is 26.9 Å². The number of rotatable bonds is 3. The second-order valence-corrected chi connectivity index (χ2v) is 7.06. The van der Waals surface area contributed by atoms with Crippen LogP contribution in [0.5, 0.6) is 0 Å². The van der Waals surface area contributed by atoms with Gasteiger partial charge in [0.25, 0.3) is 0 Å². The summed E-state index contributed by atoms with van der Waals surface area (Å²) in [6, 6.07) is 0. The molecular formula is C16H14Br2Cl2F3I2N3O4V. The number of carboxylic acid groups (broad SMARTS) is 1. The first-order valence-electron chi connectivity index (χ1n) is 7.69. The number of hydrogen-bond acceptors (Lipinski definition) is 6. The van der Waals surface area contributed by atoms with Gasteiger partial charge in [-0.15, -0.1) is 17.0 Å². The van der Waals surface area contributed by atoms with E-state index in [2.05, 4.69) is 63.1 Å². The Balaban J connectivity index is -0.000000487. The molecule has 7 nitrogen and oxygen atoms in total. The SMILES string of the molecule is Br.Cc1c(F)c(F)nc(C(=O)OC(C)C)c1Cl.II.Nc1c(F)c(Br)nc(C(=O)O)c1Cl.[V]. The maximum atomic E-state index is 13.0. The molecule has 0 amide bonds. The predicted octanol–water partition coefficient (Wildman–Crippen LogP) is 7.15. The molecular weight excluding hydrogens is 891 g/mol. The average molecular weight is 905 g/mol. The van der Waals surface area contributed by atoms with Crippen molar-refractivity contribution < 1.29 is 51.2 Å². The van der Waals surface area contributed by atoms with Crippen LogP contribution in [-0.4, -0.2) is 33.1 Å². The fourth-order valence-electron chi connectivity index (χ4n) is 1.70. The Hall–Kier alpha value is 0.414. The molecule has 33 heavy (non-hydrogen) atoms. The molecule has 2 rings (SSSR count). The van der Waals surface area contributed by atoms with E-state index in [0.29, 0.717) is 0 Å². The number of halogens is 9. The largest absolute Gasteiger partial charge is 0.476 e. The molecule has 3 N–H and O–H groups in total. The summed E-state index contributed by atoms with van der Waals surface area (Å²) in [5.74, 6) is -5.63. The molecule has 17 heteroatoms. The molecule has 0 aliphatic heterocycles. The maximum absolute atomic E-state index is 13.0.